The molecule has 0 saturated carbocycles. The Bertz CT molecular complexity index is 578. The molecule has 1 aromatic heterocycles. The van der Waals surface area contributed by atoms with Crippen molar-refractivity contribution in [3.05, 3.63) is 58.2 Å². The van der Waals surface area contributed by atoms with E-state index in [1.54, 1.807) is 24.5 Å². The molecule has 0 fully saturated rings. The number of nitrogens with two attached hydrogens (primary N) is 1. The Morgan fingerprint density at radius 3 is 2.89 bits per heavy atom. The first-order chi connectivity index (χ1) is 9.06. The molecule has 1 unspecified atom stereocenters. The van der Waals surface area contributed by atoms with Crippen LogP contribution < -0.4 is 5.73 Å². The van der Waals surface area contributed by atoms with Gasteiger partial charge < -0.3 is 10.3 Å². The number of hydrogen-bond donors (Lipinski definition) is 1. The maximum absolute atomic E-state index is 10.9. The van der Waals surface area contributed by atoms with Crippen molar-refractivity contribution < 1.29 is 4.92 Å². The topological polar surface area (TPSA) is 87.0 Å². The minimum absolute atomic E-state index is 0.0504. The van der Waals surface area contributed by atoms with E-state index in [1.807, 2.05) is 17.7 Å². The Morgan fingerprint density at radius 1 is 1.47 bits per heavy atom. The van der Waals surface area contributed by atoms with Crippen LogP contribution in [0.25, 0.3) is 0 Å². The molecule has 2 N–H and O–H groups in total. The van der Waals surface area contributed by atoms with Crippen LogP contribution in [0.3, 0.4) is 0 Å². The standard InChI is InChI=1S/C13H16N4O2/c1-10(14)6-12-8-16(9-15-12)7-11-4-2-3-5-13(11)17(18)19/h2-5,8-10H,6-7,14H2,1H3. The molecule has 2 rings (SSSR count). The highest BCUT2D eigenvalue weighted by atomic mass is 16.6. The molecule has 100 valence electrons. The van der Waals surface area contributed by atoms with Crippen molar-refractivity contribution in [2.24, 2.45) is 5.73 Å². The van der Waals surface area contributed by atoms with Gasteiger partial charge in [0.25, 0.3) is 5.69 Å². The number of aromatic nitrogens is 2. The highest BCUT2D eigenvalue weighted by Crippen LogP contribution is 2.18. The minimum Gasteiger partial charge on any atom is -0.333 e. The molecule has 1 heterocycles. The molecular formula is C13H16N4O2. The van der Waals surface area contributed by atoms with Crippen LogP contribution in [0.4, 0.5) is 5.69 Å². The average Bonchev–Trinajstić information content (AvgIpc) is 2.76. The molecule has 19 heavy (non-hydrogen) atoms. The van der Waals surface area contributed by atoms with Gasteiger partial charge in [0.15, 0.2) is 0 Å². The molecule has 0 aliphatic carbocycles. The van der Waals surface area contributed by atoms with Crippen LogP contribution in [0, 0.1) is 10.1 Å². The van der Waals surface area contributed by atoms with Gasteiger partial charge in [0.05, 0.1) is 23.5 Å². The number of nitro benzene ring substituents is 1. The smallest absolute Gasteiger partial charge is 0.274 e. The van der Waals surface area contributed by atoms with Gasteiger partial charge >= 0.3 is 0 Å². The van der Waals surface area contributed by atoms with Crippen molar-refractivity contribution in [3.8, 4) is 0 Å². The Labute approximate surface area is 111 Å². The summed E-state index contributed by atoms with van der Waals surface area (Å²) in [7, 11) is 0. The summed E-state index contributed by atoms with van der Waals surface area (Å²) in [6.45, 7) is 2.35. The van der Waals surface area contributed by atoms with Crippen LogP contribution in [0.5, 0.6) is 0 Å². The second kappa shape index (κ2) is 5.62. The normalized spacial score (nSPS) is 12.3. The first kappa shape index (κ1) is 13.2. The van der Waals surface area contributed by atoms with Gasteiger partial charge in [0, 0.05) is 30.3 Å². The zero-order valence-corrected chi connectivity index (χ0v) is 10.7. The third-order valence-corrected chi connectivity index (χ3v) is 2.76. The number of para-hydroxylation sites is 1. The number of nitrogens with zero attached hydrogens (tertiary/aromatic N) is 3. The molecule has 2 aromatic rings. The SMILES string of the molecule is CC(N)Cc1cn(Cc2ccccc2[N+](=O)[O-])cn1. The number of imidazole rings is 1. The minimum atomic E-state index is -0.366. The summed E-state index contributed by atoms with van der Waals surface area (Å²) in [6, 6.07) is 6.77. The number of hydrogen-bond acceptors (Lipinski definition) is 4. The summed E-state index contributed by atoms with van der Waals surface area (Å²) >= 11 is 0. The van der Waals surface area contributed by atoms with Crippen molar-refractivity contribution in [2.45, 2.75) is 25.9 Å². The molecule has 0 amide bonds. The van der Waals surface area contributed by atoms with E-state index >= 15 is 0 Å². The maximum atomic E-state index is 10.9. The molecule has 6 nitrogen and oxygen atoms in total. The summed E-state index contributed by atoms with van der Waals surface area (Å²) in [5.41, 5.74) is 7.40. The molecule has 0 aliphatic rings. The fraction of sp³-hybridized carbons (Fsp3) is 0.308. The fourth-order valence-electron chi connectivity index (χ4n) is 1.95. The third-order valence-electron chi connectivity index (χ3n) is 2.76. The third kappa shape index (κ3) is 3.38. The molecule has 0 aliphatic heterocycles. The molecule has 0 radical (unpaired) electrons. The molecule has 1 atom stereocenters. The second-order valence-electron chi connectivity index (χ2n) is 4.60. The van der Waals surface area contributed by atoms with E-state index in [9.17, 15) is 10.1 Å². The first-order valence-corrected chi connectivity index (χ1v) is 6.05. The van der Waals surface area contributed by atoms with Crippen molar-refractivity contribution in [2.75, 3.05) is 0 Å². The van der Waals surface area contributed by atoms with Gasteiger partial charge in [-0.2, -0.15) is 0 Å². The van der Waals surface area contributed by atoms with Gasteiger partial charge in [-0.15, -0.1) is 0 Å². The largest absolute Gasteiger partial charge is 0.333 e. The zero-order chi connectivity index (χ0) is 13.8. The number of rotatable bonds is 5. The molecule has 0 spiro atoms. The number of nitro groups is 1. The van der Waals surface area contributed by atoms with Crippen molar-refractivity contribution in [1.82, 2.24) is 9.55 Å². The van der Waals surface area contributed by atoms with Gasteiger partial charge in [0.1, 0.15) is 0 Å². The Kier molecular flexibility index (Phi) is 3.91. The van der Waals surface area contributed by atoms with Gasteiger partial charge in [-0.25, -0.2) is 4.98 Å². The van der Waals surface area contributed by atoms with E-state index < -0.39 is 0 Å². The average molecular weight is 260 g/mol. The number of benzene rings is 1. The van der Waals surface area contributed by atoms with Crippen LogP contribution in [-0.2, 0) is 13.0 Å². The summed E-state index contributed by atoms with van der Waals surface area (Å²) in [4.78, 5) is 14.8. The van der Waals surface area contributed by atoms with Gasteiger partial charge in [0.2, 0.25) is 0 Å². The van der Waals surface area contributed by atoms with Crippen molar-refractivity contribution in [3.63, 3.8) is 0 Å². The lowest BCUT2D eigenvalue weighted by Gasteiger charge is -2.03. The van der Waals surface area contributed by atoms with E-state index in [0.717, 1.165) is 5.69 Å². The van der Waals surface area contributed by atoms with E-state index in [2.05, 4.69) is 4.98 Å². The quantitative estimate of drug-likeness (QED) is 0.655. The molecule has 0 bridgehead atoms. The van der Waals surface area contributed by atoms with E-state index in [0.29, 0.717) is 18.5 Å². The molecular weight excluding hydrogens is 244 g/mol. The summed E-state index contributed by atoms with van der Waals surface area (Å²) in [5, 5.41) is 10.9. The fourth-order valence-corrected chi connectivity index (χ4v) is 1.95. The Morgan fingerprint density at radius 2 is 2.21 bits per heavy atom. The second-order valence-corrected chi connectivity index (χ2v) is 4.60. The van der Waals surface area contributed by atoms with E-state index in [-0.39, 0.29) is 16.7 Å². The monoisotopic (exact) mass is 260 g/mol. The van der Waals surface area contributed by atoms with Crippen LogP contribution >= 0.6 is 0 Å². The van der Waals surface area contributed by atoms with Crippen LogP contribution in [0.1, 0.15) is 18.2 Å². The Hall–Kier alpha value is -2.21. The lowest BCUT2D eigenvalue weighted by molar-refractivity contribution is -0.385. The highest BCUT2D eigenvalue weighted by Gasteiger charge is 2.12. The van der Waals surface area contributed by atoms with Crippen LogP contribution in [-0.4, -0.2) is 20.5 Å². The van der Waals surface area contributed by atoms with E-state index in [1.165, 1.54) is 6.07 Å². The highest BCUT2D eigenvalue weighted by molar-refractivity contribution is 5.39. The van der Waals surface area contributed by atoms with Gasteiger partial charge in [-0.3, -0.25) is 10.1 Å². The molecule has 1 aromatic carbocycles. The van der Waals surface area contributed by atoms with Gasteiger partial charge in [-0.05, 0) is 6.92 Å². The lowest BCUT2D eigenvalue weighted by atomic mass is 10.2. The van der Waals surface area contributed by atoms with Crippen molar-refractivity contribution >= 4 is 5.69 Å². The van der Waals surface area contributed by atoms with E-state index in [4.69, 9.17) is 5.73 Å². The Balaban J connectivity index is 2.17. The van der Waals surface area contributed by atoms with Crippen LogP contribution in [0.2, 0.25) is 0 Å². The summed E-state index contributed by atoms with van der Waals surface area (Å²) < 4.78 is 1.83. The van der Waals surface area contributed by atoms with Crippen LogP contribution in [0.15, 0.2) is 36.8 Å². The lowest BCUT2D eigenvalue weighted by Crippen LogP contribution is -2.17. The molecule has 0 saturated heterocycles. The summed E-state index contributed by atoms with van der Waals surface area (Å²) in [5.74, 6) is 0. The zero-order valence-electron chi connectivity index (χ0n) is 10.7. The maximum Gasteiger partial charge on any atom is 0.274 e. The summed E-state index contributed by atoms with van der Waals surface area (Å²) in [6.07, 6.45) is 4.25. The predicted octanol–water partition coefficient (Wildman–Crippen LogP) is 1.73. The predicted molar refractivity (Wildman–Crippen MR) is 71.8 cm³/mol. The molecule has 6 heteroatoms. The van der Waals surface area contributed by atoms with Crippen molar-refractivity contribution in [1.29, 1.82) is 0 Å². The van der Waals surface area contributed by atoms with Gasteiger partial charge in [-0.1, -0.05) is 18.2 Å². The first-order valence-electron chi connectivity index (χ1n) is 6.05.